The van der Waals surface area contributed by atoms with Gasteiger partial charge in [-0.1, -0.05) is 27.7 Å². The lowest BCUT2D eigenvalue weighted by Crippen LogP contribution is -2.47. The molecule has 38 heavy (non-hydrogen) atoms. The van der Waals surface area contributed by atoms with Crippen molar-refractivity contribution in [3.05, 3.63) is 22.0 Å². The number of carbonyl (C=O) groups excluding carboxylic acids is 4. The quantitative estimate of drug-likeness (QED) is 0.246. The van der Waals surface area contributed by atoms with Gasteiger partial charge in [-0.3, -0.25) is 29.0 Å². The SMILES string of the molecule is CC(C)(CCOCCOCCC(C)(C)CN1C(=O)C=C2SCCC2C1=O)CN1C(=O)C=C2SCCC2C1=O. The van der Waals surface area contributed by atoms with Gasteiger partial charge in [-0.05, 0) is 48.0 Å². The van der Waals surface area contributed by atoms with Crippen LogP contribution in [-0.2, 0) is 28.7 Å². The van der Waals surface area contributed by atoms with Crippen LogP contribution in [0, 0.1) is 22.7 Å². The molecule has 2 fully saturated rings. The number of rotatable bonds is 13. The van der Waals surface area contributed by atoms with Crippen LogP contribution in [0.5, 0.6) is 0 Å². The Hall–Kier alpha value is -1.62. The lowest BCUT2D eigenvalue weighted by molar-refractivity contribution is -0.148. The molecule has 0 aromatic rings. The highest BCUT2D eigenvalue weighted by atomic mass is 32.2. The zero-order valence-corrected chi connectivity index (χ0v) is 24.6. The monoisotopic (exact) mass is 564 g/mol. The van der Waals surface area contributed by atoms with Gasteiger partial charge in [0.05, 0.1) is 25.0 Å². The van der Waals surface area contributed by atoms with Crippen LogP contribution in [-0.4, -0.2) is 84.5 Å². The van der Waals surface area contributed by atoms with Crippen molar-refractivity contribution in [2.24, 2.45) is 22.7 Å². The maximum absolute atomic E-state index is 12.8. The van der Waals surface area contributed by atoms with Gasteiger partial charge in [-0.15, -0.1) is 23.5 Å². The van der Waals surface area contributed by atoms with Gasteiger partial charge in [0, 0.05) is 48.3 Å². The van der Waals surface area contributed by atoms with E-state index in [2.05, 4.69) is 27.7 Å². The van der Waals surface area contributed by atoms with E-state index in [1.54, 1.807) is 35.7 Å². The van der Waals surface area contributed by atoms with Crippen molar-refractivity contribution in [1.29, 1.82) is 0 Å². The standard InChI is InChI=1S/C28H40N2O6S2/c1-27(2,17-29-23(31)15-21-19(25(29)33)5-13-37-21)7-9-35-11-12-36-10-8-28(3,4)18-30-24(32)16-22-20(26(30)34)6-14-38-22/h15-16,19-20H,5-14,17-18H2,1-4H3. The van der Waals surface area contributed by atoms with Gasteiger partial charge in [0.15, 0.2) is 0 Å². The van der Waals surface area contributed by atoms with Crippen LogP contribution >= 0.6 is 23.5 Å². The Labute approximate surface area is 234 Å². The molecule has 0 aromatic heterocycles. The molecule has 0 radical (unpaired) electrons. The minimum atomic E-state index is -0.246. The first-order valence-electron chi connectivity index (χ1n) is 13.5. The van der Waals surface area contributed by atoms with Crippen molar-refractivity contribution >= 4 is 47.2 Å². The molecule has 0 aliphatic carbocycles. The summed E-state index contributed by atoms with van der Waals surface area (Å²) in [4.78, 5) is 55.2. The Kier molecular flexibility index (Phi) is 9.48. The molecule has 4 aliphatic heterocycles. The van der Waals surface area contributed by atoms with Crippen molar-refractivity contribution in [3.63, 3.8) is 0 Å². The van der Waals surface area contributed by atoms with Gasteiger partial charge in [0.1, 0.15) is 0 Å². The molecule has 10 heteroatoms. The van der Waals surface area contributed by atoms with E-state index in [1.165, 1.54) is 9.80 Å². The lowest BCUT2D eigenvalue weighted by atomic mass is 9.87. The number of ether oxygens (including phenoxy) is 2. The van der Waals surface area contributed by atoms with E-state index in [1.807, 2.05) is 0 Å². The van der Waals surface area contributed by atoms with Crippen LogP contribution in [0.2, 0.25) is 0 Å². The highest BCUT2D eigenvalue weighted by Gasteiger charge is 2.41. The minimum Gasteiger partial charge on any atom is -0.379 e. The Balaban J connectivity index is 1.10. The molecule has 2 saturated heterocycles. The molecule has 0 aromatic carbocycles. The van der Waals surface area contributed by atoms with E-state index in [0.717, 1.165) is 47.0 Å². The molecule has 8 nitrogen and oxygen atoms in total. The van der Waals surface area contributed by atoms with E-state index in [4.69, 9.17) is 9.47 Å². The van der Waals surface area contributed by atoms with Gasteiger partial charge in [0.2, 0.25) is 11.8 Å². The first-order chi connectivity index (χ1) is 18.0. The number of imide groups is 2. The summed E-state index contributed by atoms with van der Waals surface area (Å²) in [5, 5.41) is 0. The van der Waals surface area contributed by atoms with Gasteiger partial charge >= 0.3 is 0 Å². The third kappa shape index (κ3) is 7.11. The van der Waals surface area contributed by atoms with Crippen molar-refractivity contribution in [1.82, 2.24) is 9.80 Å². The number of amides is 4. The van der Waals surface area contributed by atoms with Crippen LogP contribution in [0.1, 0.15) is 53.4 Å². The topological polar surface area (TPSA) is 93.2 Å². The summed E-state index contributed by atoms with van der Waals surface area (Å²) < 4.78 is 11.5. The number of nitrogens with zero attached hydrogens (tertiary/aromatic N) is 2. The van der Waals surface area contributed by atoms with Crippen molar-refractivity contribution in [2.75, 3.05) is 51.0 Å². The van der Waals surface area contributed by atoms with Crippen LogP contribution < -0.4 is 0 Å². The lowest BCUT2D eigenvalue weighted by Gasteiger charge is -2.34. The second-order valence-electron chi connectivity index (χ2n) is 12.1. The van der Waals surface area contributed by atoms with Crippen LogP contribution in [0.3, 0.4) is 0 Å². The molecular formula is C28H40N2O6S2. The summed E-state index contributed by atoms with van der Waals surface area (Å²) in [6, 6.07) is 0. The fourth-order valence-corrected chi connectivity index (χ4v) is 7.57. The van der Waals surface area contributed by atoms with Gasteiger partial charge in [0.25, 0.3) is 11.8 Å². The van der Waals surface area contributed by atoms with Crippen LogP contribution in [0.25, 0.3) is 0 Å². The Morgan fingerprint density at radius 3 is 1.50 bits per heavy atom. The Bertz CT molecular complexity index is 941. The second-order valence-corrected chi connectivity index (χ2v) is 14.4. The van der Waals surface area contributed by atoms with E-state index in [-0.39, 0.29) is 46.3 Å². The zero-order valence-electron chi connectivity index (χ0n) is 23.0. The Morgan fingerprint density at radius 1 is 0.711 bits per heavy atom. The third-order valence-corrected chi connectivity index (χ3v) is 9.97. The van der Waals surface area contributed by atoms with E-state index in [9.17, 15) is 19.2 Å². The summed E-state index contributed by atoms with van der Waals surface area (Å²) >= 11 is 3.24. The van der Waals surface area contributed by atoms with E-state index in [0.29, 0.717) is 39.5 Å². The summed E-state index contributed by atoms with van der Waals surface area (Å²) in [7, 11) is 0. The number of hydrogen-bond acceptors (Lipinski definition) is 8. The zero-order chi connectivity index (χ0) is 27.5. The summed E-state index contributed by atoms with van der Waals surface area (Å²) in [5.74, 6) is 1.01. The minimum absolute atomic E-state index is 0.0596. The van der Waals surface area contributed by atoms with Crippen molar-refractivity contribution in [2.45, 2.75) is 53.4 Å². The molecule has 210 valence electrons. The largest absolute Gasteiger partial charge is 0.379 e. The molecular weight excluding hydrogens is 524 g/mol. The van der Waals surface area contributed by atoms with Crippen molar-refractivity contribution in [3.8, 4) is 0 Å². The van der Waals surface area contributed by atoms with Crippen LogP contribution in [0.15, 0.2) is 22.0 Å². The molecule has 4 heterocycles. The molecule has 4 amide bonds. The molecule has 2 unspecified atom stereocenters. The predicted octanol–water partition coefficient (Wildman–Crippen LogP) is 3.86. The normalized spacial score (nSPS) is 24.1. The van der Waals surface area contributed by atoms with Crippen molar-refractivity contribution < 1.29 is 28.7 Å². The molecule has 0 bridgehead atoms. The summed E-state index contributed by atoms with van der Waals surface area (Å²) in [6.07, 6.45) is 6.34. The molecule has 2 atom stereocenters. The van der Waals surface area contributed by atoms with Gasteiger partial charge in [-0.2, -0.15) is 0 Å². The fraction of sp³-hybridized carbons (Fsp3) is 0.714. The van der Waals surface area contributed by atoms with Gasteiger partial charge < -0.3 is 9.47 Å². The molecule has 4 rings (SSSR count). The third-order valence-electron chi connectivity index (χ3n) is 7.62. The van der Waals surface area contributed by atoms with E-state index < -0.39 is 0 Å². The first-order valence-corrected chi connectivity index (χ1v) is 15.5. The smallest absolute Gasteiger partial charge is 0.254 e. The highest BCUT2D eigenvalue weighted by Crippen LogP contribution is 2.41. The fourth-order valence-electron chi connectivity index (χ4n) is 5.19. The summed E-state index contributed by atoms with van der Waals surface area (Å²) in [5.41, 5.74) is -0.493. The predicted molar refractivity (Wildman–Crippen MR) is 149 cm³/mol. The molecule has 4 aliphatic rings. The number of thioether (sulfide) groups is 2. The average molecular weight is 565 g/mol. The van der Waals surface area contributed by atoms with E-state index >= 15 is 0 Å². The van der Waals surface area contributed by atoms with Crippen LogP contribution in [0.4, 0.5) is 0 Å². The number of carbonyl (C=O) groups is 4. The second kappa shape index (κ2) is 12.3. The number of fused-ring (bicyclic) bond motifs is 2. The van der Waals surface area contributed by atoms with Gasteiger partial charge in [-0.25, -0.2) is 0 Å². The summed E-state index contributed by atoms with van der Waals surface area (Å²) in [6.45, 7) is 11.0. The maximum Gasteiger partial charge on any atom is 0.254 e. The highest BCUT2D eigenvalue weighted by molar-refractivity contribution is 8.03. The molecule has 0 spiro atoms. The number of hydrogen-bond donors (Lipinski definition) is 0. The maximum atomic E-state index is 12.8. The molecule has 0 N–H and O–H groups in total. The Morgan fingerprint density at radius 2 is 1.11 bits per heavy atom. The average Bonchev–Trinajstić information content (AvgIpc) is 3.51. The molecule has 0 saturated carbocycles. The first kappa shape index (κ1) is 29.4.